The van der Waals surface area contributed by atoms with Crippen LogP contribution in [0.1, 0.15) is 27.2 Å². The zero-order valence-corrected chi connectivity index (χ0v) is 15.8. The molecule has 0 radical (unpaired) electrons. The van der Waals surface area contributed by atoms with E-state index in [1.807, 2.05) is 30.3 Å². The smallest absolute Gasteiger partial charge is 0.345 e. The standard InChI is InChI=1S/C22H17N3O5/c26-19-17(10-14-11-24-20-15(14)5-3-7-23-20)30-21(18(19)22(27)28)25-8-9-29-16-6-2-1-4-13(16)12-25/h1-7,10-11,26H,8-9,12H2,(H,27,28). The summed E-state index contributed by atoms with van der Waals surface area (Å²) in [6, 6.07) is 11.2. The second kappa shape index (κ2) is 7.07. The van der Waals surface area contributed by atoms with Crippen molar-refractivity contribution in [1.82, 2.24) is 4.98 Å². The average molecular weight is 403 g/mol. The van der Waals surface area contributed by atoms with Crippen LogP contribution in [0.15, 0.2) is 52.0 Å². The second-order valence-electron chi connectivity index (χ2n) is 6.91. The Kier molecular flexibility index (Phi) is 4.24. The van der Waals surface area contributed by atoms with Crippen molar-refractivity contribution >= 4 is 35.5 Å². The highest BCUT2D eigenvalue weighted by Gasteiger charge is 2.30. The molecule has 5 rings (SSSR count). The lowest BCUT2D eigenvalue weighted by molar-refractivity contribution is 0.0694. The Labute approximate surface area is 171 Å². The van der Waals surface area contributed by atoms with Gasteiger partial charge in [0.25, 0.3) is 0 Å². The Morgan fingerprint density at radius 2 is 2.07 bits per heavy atom. The summed E-state index contributed by atoms with van der Waals surface area (Å²) >= 11 is 0. The molecule has 0 saturated carbocycles. The second-order valence-corrected chi connectivity index (χ2v) is 6.91. The van der Waals surface area contributed by atoms with Crippen molar-refractivity contribution in [3.05, 3.63) is 65.0 Å². The molecule has 2 aliphatic heterocycles. The predicted molar refractivity (Wildman–Crippen MR) is 111 cm³/mol. The molecule has 2 aromatic heterocycles. The quantitative estimate of drug-likeness (QED) is 0.686. The van der Waals surface area contributed by atoms with E-state index in [9.17, 15) is 15.0 Å². The van der Waals surface area contributed by atoms with Gasteiger partial charge in [-0.3, -0.25) is 0 Å². The zero-order valence-electron chi connectivity index (χ0n) is 15.8. The molecule has 8 nitrogen and oxygen atoms in total. The summed E-state index contributed by atoms with van der Waals surface area (Å²) in [6.07, 6.45) is 4.82. The monoisotopic (exact) mass is 403 g/mol. The molecule has 2 aliphatic rings. The van der Waals surface area contributed by atoms with Crippen LogP contribution < -0.4 is 9.64 Å². The first-order chi connectivity index (χ1) is 14.6. The predicted octanol–water partition coefficient (Wildman–Crippen LogP) is 3.73. The van der Waals surface area contributed by atoms with E-state index in [0.717, 1.165) is 16.9 Å². The minimum atomic E-state index is -1.27. The largest absolute Gasteiger partial charge is 0.504 e. The third-order valence-corrected chi connectivity index (χ3v) is 5.05. The number of carboxylic acids is 1. The molecule has 0 amide bonds. The molecule has 0 fully saturated rings. The Balaban J connectivity index is 1.57. The molecule has 8 heteroatoms. The molecule has 0 aliphatic carbocycles. The highest BCUT2D eigenvalue weighted by Crippen LogP contribution is 2.40. The van der Waals surface area contributed by atoms with E-state index in [4.69, 9.17) is 9.15 Å². The van der Waals surface area contributed by atoms with Crippen LogP contribution in [0.4, 0.5) is 11.7 Å². The van der Waals surface area contributed by atoms with Crippen LogP contribution in [0.5, 0.6) is 11.5 Å². The molecule has 30 heavy (non-hydrogen) atoms. The first-order valence-corrected chi connectivity index (χ1v) is 9.37. The normalized spacial score (nSPS) is 16.1. The number of carbonyl (C=O) groups is 1. The lowest BCUT2D eigenvalue weighted by atomic mass is 10.1. The number of pyridine rings is 1. The van der Waals surface area contributed by atoms with Crippen molar-refractivity contribution in [3.8, 4) is 11.5 Å². The number of para-hydroxylation sites is 1. The number of rotatable bonds is 3. The van der Waals surface area contributed by atoms with Crippen LogP contribution in [0.25, 0.3) is 11.6 Å². The van der Waals surface area contributed by atoms with Crippen molar-refractivity contribution in [2.75, 3.05) is 18.1 Å². The zero-order chi connectivity index (χ0) is 20.7. The van der Waals surface area contributed by atoms with E-state index in [-0.39, 0.29) is 17.2 Å². The van der Waals surface area contributed by atoms with Gasteiger partial charge in [-0.05, 0) is 24.3 Å². The summed E-state index contributed by atoms with van der Waals surface area (Å²) in [6.45, 7) is 1.17. The molecule has 150 valence electrons. The van der Waals surface area contributed by atoms with Gasteiger partial charge >= 0.3 is 5.97 Å². The third-order valence-electron chi connectivity index (χ3n) is 5.05. The number of carboxylic acid groups (broad SMARTS) is 1. The molecular formula is C22H17N3O5. The number of allylic oxidation sites excluding steroid dienone is 1. The van der Waals surface area contributed by atoms with Crippen LogP contribution in [-0.2, 0) is 6.54 Å². The number of aromatic carboxylic acids is 1. The fourth-order valence-corrected chi connectivity index (χ4v) is 3.62. The molecule has 3 aromatic rings. The summed E-state index contributed by atoms with van der Waals surface area (Å²) in [5.74, 6) is -0.228. The molecule has 0 unspecified atom stereocenters. The van der Waals surface area contributed by atoms with Crippen molar-refractivity contribution in [2.45, 2.75) is 6.54 Å². The van der Waals surface area contributed by atoms with Crippen LogP contribution in [0, 0.1) is 0 Å². The van der Waals surface area contributed by atoms with Crippen LogP contribution in [-0.4, -0.2) is 40.5 Å². The number of ether oxygens (including phenoxy) is 1. The fourth-order valence-electron chi connectivity index (χ4n) is 3.62. The number of furan rings is 1. The van der Waals surface area contributed by atoms with Crippen LogP contribution in [0.3, 0.4) is 0 Å². The highest BCUT2D eigenvalue weighted by molar-refractivity contribution is 6.21. The number of anilines is 1. The topological polar surface area (TPSA) is 108 Å². The lowest BCUT2D eigenvalue weighted by Crippen LogP contribution is -2.26. The summed E-state index contributed by atoms with van der Waals surface area (Å²) in [4.78, 5) is 22.1. The number of hydrogen-bond acceptors (Lipinski definition) is 7. The number of benzene rings is 1. The van der Waals surface area contributed by atoms with Crippen molar-refractivity contribution < 1.29 is 24.2 Å². The van der Waals surface area contributed by atoms with E-state index in [0.29, 0.717) is 31.1 Å². The maximum atomic E-state index is 11.9. The Morgan fingerprint density at radius 1 is 1.20 bits per heavy atom. The van der Waals surface area contributed by atoms with Gasteiger partial charge in [-0.2, -0.15) is 0 Å². The van der Waals surface area contributed by atoms with Gasteiger partial charge in [-0.25, -0.2) is 14.8 Å². The van der Waals surface area contributed by atoms with Gasteiger partial charge in [0.15, 0.2) is 22.9 Å². The van der Waals surface area contributed by atoms with Gasteiger partial charge in [0.05, 0.1) is 6.54 Å². The van der Waals surface area contributed by atoms with Gasteiger partial charge in [0, 0.05) is 35.7 Å². The number of hydrogen-bond donors (Lipinski definition) is 2. The molecule has 0 atom stereocenters. The minimum absolute atomic E-state index is 0.0546. The van der Waals surface area contributed by atoms with Crippen molar-refractivity contribution in [2.24, 2.45) is 4.99 Å². The number of nitrogens with zero attached hydrogens (tertiary/aromatic N) is 3. The molecule has 4 heterocycles. The first-order valence-electron chi connectivity index (χ1n) is 9.37. The van der Waals surface area contributed by atoms with Gasteiger partial charge in [0.1, 0.15) is 12.4 Å². The van der Waals surface area contributed by atoms with Gasteiger partial charge in [-0.15, -0.1) is 0 Å². The molecular weight excluding hydrogens is 386 g/mol. The lowest BCUT2D eigenvalue weighted by Gasteiger charge is -2.19. The van der Waals surface area contributed by atoms with E-state index < -0.39 is 11.7 Å². The summed E-state index contributed by atoms with van der Waals surface area (Å²) < 4.78 is 11.6. The highest BCUT2D eigenvalue weighted by atomic mass is 16.5. The Morgan fingerprint density at radius 3 is 2.93 bits per heavy atom. The maximum absolute atomic E-state index is 11.9. The maximum Gasteiger partial charge on any atom is 0.345 e. The fraction of sp³-hybridized carbons (Fsp3) is 0.136. The summed E-state index contributed by atoms with van der Waals surface area (Å²) in [5, 5.41) is 20.4. The third kappa shape index (κ3) is 2.98. The number of fused-ring (bicyclic) bond motifs is 2. The molecule has 2 N–H and O–H groups in total. The summed E-state index contributed by atoms with van der Waals surface area (Å²) in [5.41, 5.74) is 2.09. The van der Waals surface area contributed by atoms with E-state index in [1.165, 1.54) is 0 Å². The Hall–Kier alpha value is -4.07. The Bertz CT molecular complexity index is 1210. The minimum Gasteiger partial charge on any atom is -0.504 e. The number of aliphatic imine (C=N–C) groups is 1. The molecule has 1 aromatic carbocycles. The molecule has 0 bridgehead atoms. The average Bonchev–Trinajstić information content (AvgIpc) is 3.21. The van der Waals surface area contributed by atoms with E-state index >= 15 is 0 Å². The van der Waals surface area contributed by atoms with E-state index in [2.05, 4.69) is 9.98 Å². The summed E-state index contributed by atoms with van der Waals surface area (Å²) in [7, 11) is 0. The molecule has 0 saturated heterocycles. The van der Waals surface area contributed by atoms with E-state index in [1.54, 1.807) is 29.5 Å². The van der Waals surface area contributed by atoms with Crippen LogP contribution >= 0.6 is 0 Å². The number of aromatic hydroxyl groups is 1. The van der Waals surface area contributed by atoms with Crippen molar-refractivity contribution in [3.63, 3.8) is 0 Å². The van der Waals surface area contributed by atoms with Gasteiger partial charge < -0.3 is 24.3 Å². The van der Waals surface area contributed by atoms with Gasteiger partial charge in [0.2, 0.25) is 5.88 Å². The number of aromatic nitrogens is 1. The SMILES string of the molecule is O=C(O)c1c(N2CCOc3ccccc3C2)oc(C=C2C=Nc3ncccc32)c1O. The van der Waals surface area contributed by atoms with Crippen LogP contribution in [0.2, 0.25) is 0 Å². The van der Waals surface area contributed by atoms with Gasteiger partial charge in [-0.1, -0.05) is 18.2 Å². The molecule has 0 spiro atoms. The van der Waals surface area contributed by atoms with Crippen molar-refractivity contribution in [1.29, 1.82) is 0 Å². The first kappa shape index (κ1) is 18.0.